The summed E-state index contributed by atoms with van der Waals surface area (Å²) in [6, 6.07) is 9.76. The number of nitrogens with zero attached hydrogens (tertiary/aromatic N) is 5. The van der Waals surface area contributed by atoms with E-state index >= 15 is 0 Å². The molecule has 0 saturated heterocycles. The van der Waals surface area contributed by atoms with Gasteiger partial charge in [-0.05, 0) is 35.9 Å². The number of rotatable bonds is 5. The summed E-state index contributed by atoms with van der Waals surface area (Å²) >= 11 is 0. The summed E-state index contributed by atoms with van der Waals surface area (Å²) in [4.78, 5) is 16.6. The predicted octanol–water partition coefficient (Wildman–Crippen LogP) is 1.22. The molecule has 3 aromatic heterocycles. The normalized spacial score (nSPS) is 11.6. The second kappa shape index (κ2) is 7.02. The first kappa shape index (κ1) is 18.6. The van der Waals surface area contributed by atoms with Gasteiger partial charge in [0, 0.05) is 29.9 Å². The van der Waals surface area contributed by atoms with E-state index in [1.165, 1.54) is 16.8 Å². The van der Waals surface area contributed by atoms with Crippen LogP contribution in [0, 0.1) is 0 Å². The van der Waals surface area contributed by atoms with Gasteiger partial charge in [-0.2, -0.15) is 10.1 Å². The van der Waals surface area contributed by atoms with Crippen LogP contribution >= 0.6 is 0 Å². The maximum atomic E-state index is 12.3. The molecule has 0 bridgehead atoms. The number of hydrogen-bond donors (Lipinski definition) is 2. The van der Waals surface area contributed by atoms with Crippen LogP contribution in [0.25, 0.3) is 16.8 Å². The Morgan fingerprint density at radius 1 is 1.21 bits per heavy atom. The molecule has 0 fully saturated rings. The minimum Gasteiger partial charge on any atom is -0.366 e. The largest absolute Gasteiger partial charge is 0.366 e. The van der Waals surface area contributed by atoms with Crippen molar-refractivity contribution in [1.29, 1.82) is 0 Å². The van der Waals surface area contributed by atoms with E-state index in [1.807, 2.05) is 12.1 Å². The third-order valence-electron chi connectivity index (χ3n) is 4.17. The van der Waals surface area contributed by atoms with E-state index in [0.29, 0.717) is 11.3 Å². The maximum Gasteiger partial charge on any atom is 0.246 e. The Labute approximate surface area is 165 Å². The first-order chi connectivity index (χ1) is 13.8. The van der Waals surface area contributed by atoms with Crippen LogP contribution in [-0.2, 0) is 21.2 Å². The Morgan fingerprint density at radius 3 is 2.83 bits per heavy atom. The van der Waals surface area contributed by atoms with Crippen molar-refractivity contribution in [1.82, 2.24) is 24.4 Å². The lowest BCUT2D eigenvalue weighted by Crippen LogP contribution is -2.19. The van der Waals surface area contributed by atoms with Gasteiger partial charge >= 0.3 is 0 Å². The lowest BCUT2D eigenvalue weighted by molar-refractivity contribution is -0.116. The number of aromatic nitrogens is 5. The van der Waals surface area contributed by atoms with Gasteiger partial charge in [0.1, 0.15) is 6.54 Å². The van der Waals surface area contributed by atoms with Gasteiger partial charge in [0.2, 0.25) is 11.9 Å². The predicted molar refractivity (Wildman–Crippen MR) is 107 cm³/mol. The Morgan fingerprint density at radius 2 is 2.03 bits per heavy atom. The van der Waals surface area contributed by atoms with Crippen LogP contribution in [0.4, 0.5) is 11.6 Å². The minimum absolute atomic E-state index is 0.0246. The average molecular weight is 411 g/mol. The van der Waals surface area contributed by atoms with E-state index in [2.05, 4.69) is 20.5 Å². The van der Waals surface area contributed by atoms with Crippen LogP contribution in [-0.4, -0.2) is 45.0 Å². The Bertz CT molecular complexity index is 1320. The van der Waals surface area contributed by atoms with Gasteiger partial charge < -0.3 is 11.1 Å². The number of amides is 1. The number of pyridine rings is 1. The minimum atomic E-state index is -3.35. The van der Waals surface area contributed by atoms with Gasteiger partial charge in [0.15, 0.2) is 15.5 Å². The number of fused-ring (bicyclic) bond motifs is 1. The molecule has 4 rings (SSSR count). The molecule has 0 spiro atoms. The zero-order valence-corrected chi connectivity index (χ0v) is 16.2. The van der Waals surface area contributed by atoms with Gasteiger partial charge in [0.05, 0.1) is 11.1 Å². The van der Waals surface area contributed by atoms with Crippen molar-refractivity contribution < 1.29 is 13.2 Å². The lowest BCUT2D eigenvalue weighted by Gasteiger charge is -2.07. The molecule has 0 radical (unpaired) electrons. The molecule has 0 unspecified atom stereocenters. The highest BCUT2D eigenvalue weighted by Gasteiger charge is 2.11. The quantitative estimate of drug-likeness (QED) is 0.503. The van der Waals surface area contributed by atoms with Gasteiger partial charge in [0.25, 0.3) is 0 Å². The molecule has 11 heteroatoms. The number of nitrogens with one attached hydrogen (secondary N) is 1. The molecule has 1 amide bonds. The van der Waals surface area contributed by atoms with Gasteiger partial charge in [-0.3, -0.25) is 9.48 Å². The Kier molecular flexibility index (Phi) is 4.51. The van der Waals surface area contributed by atoms with E-state index in [1.54, 1.807) is 35.2 Å². The van der Waals surface area contributed by atoms with Crippen LogP contribution in [0.15, 0.2) is 59.9 Å². The van der Waals surface area contributed by atoms with E-state index in [-0.39, 0.29) is 23.3 Å². The van der Waals surface area contributed by atoms with Gasteiger partial charge in [-0.15, -0.1) is 5.10 Å². The summed E-state index contributed by atoms with van der Waals surface area (Å²) in [5, 5.41) is 10.9. The third kappa shape index (κ3) is 4.09. The zero-order valence-electron chi connectivity index (χ0n) is 15.3. The second-order valence-electron chi connectivity index (χ2n) is 6.46. The highest BCUT2D eigenvalue weighted by atomic mass is 32.2. The number of nitrogen functional groups attached to an aromatic ring is 1. The van der Waals surface area contributed by atoms with Crippen LogP contribution in [0.3, 0.4) is 0 Å². The fraction of sp³-hybridized carbons (Fsp3) is 0.111. The summed E-state index contributed by atoms with van der Waals surface area (Å²) in [5.74, 6) is -0.138. The summed E-state index contributed by atoms with van der Waals surface area (Å²) < 4.78 is 26.3. The van der Waals surface area contributed by atoms with Crippen LogP contribution in [0.2, 0.25) is 0 Å². The summed E-state index contributed by atoms with van der Waals surface area (Å²) in [6.07, 6.45) is 6.23. The number of sulfone groups is 1. The van der Waals surface area contributed by atoms with Crippen LogP contribution in [0.1, 0.15) is 0 Å². The molecular formula is C18H17N7O3S. The monoisotopic (exact) mass is 411 g/mol. The molecule has 0 saturated carbocycles. The molecule has 148 valence electrons. The van der Waals surface area contributed by atoms with E-state index in [0.717, 1.165) is 17.4 Å². The molecule has 4 aromatic rings. The fourth-order valence-corrected chi connectivity index (χ4v) is 3.50. The van der Waals surface area contributed by atoms with Crippen molar-refractivity contribution in [3.63, 3.8) is 0 Å². The molecular weight excluding hydrogens is 394 g/mol. The van der Waals surface area contributed by atoms with E-state index in [9.17, 15) is 13.2 Å². The van der Waals surface area contributed by atoms with Crippen molar-refractivity contribution in [3.8, 4) is 11.1 Å². The summed E-state index contributed by atoms with van der Waals surface area (Å²) in [7, 11) is -3.35. The van der Waals surface area contributed by atoms with Crippen molar-refractivity contribution in [2.75, 3.05) is 17.3 Å². The van der Waals surface area contributed by atoms with Crippen molar-refractivity contribution >= 4 is 33.0 Å². The van der Waals surface area contributed by atoms with Crippen molar-refractivity contribution in [2.24, 2.45) is 0 Å². The molecule has 0 aliphatic carbocycles. The Balaban J connectivity index is 1.48. The smallest absolute Gasteiger partial charge is 0.246 e. The molecule has 1 aromatic carbocycles. The molecule has 0 aliphatic heterocycles. The van der Waals surface area contributed by atoms with Gasteiger partial charge in [-0.1, -0.05) is 6.07 Å². The standard InChI is InChI=1S/C18H17N7O3S/c1-29(27,28)15-4-2-3-14(8-15)21-17(26)11-24-10-13(9-20-24)12-5-6-25-16(7-12)22-18(19)23-25/h2-10H,11H2,1H3,(H2,19,23)(H,21,26). The topological polar surface area (TPSA) is 137 Å². The van der Waals surface area contributed by atoms with Crippen LogP contribution in [0.5, 0.6) is 0 Å². The molecule has 10 nitrogen and oxygen atoms in total. The number of carbonyl (C=O) groups excluding carboxylic acids is 1. The van der Waals surface area contributed by atoms with Crippen LogP contribution < -0.4 is 11.1 Å². The number of hydrogen-bond acceptors (Lipinski definition) is 7. The molecule has 0 aliphatic rings. The first-order valence-electron chi connectivity index (χ1n) is 8.53. The first-order valence-corrected chi connectivity index (χ1v) is 10.4. The molecule has 0 atom stereocenters. The highest BCUT2D eigenvalue weighted by Crippen LogP contribution is 2.20. The highest BCUT2D eigenvalue weighted by molar-refractivity contribution is 7.90. The third-order valence-corrected chi connectivity index (χ3v) is 5.28. The molecule has 3 N–H and O–H groups in total. The summed E-state index contributed by atoms with van der Waals surface area (Å²) in [5.41, 5.74) is 8.27. The van der Waals surface area contributed by atoms with Crippen molar-refractivity contribution in [3.05, 3.63) is 55.0 Å². The number of nitrogens with two attached hydrogens (primary N) is 1. The van der Waals surface area contributed by atoms with E-state index in [4.69, 9.17) is 5.73 Å². The maximum absolute atomic E-state index is 12.3. The summed E-state index contributed by atoms with van der Waals surface area (Å²) in [6.45, 7) is -0.0246. The number of benzene rings is 1. The molecule has 29 heavy (non-hydrogen) atoms. The zero-order chi connectivity index (χ0) is 20.6. The van der Waals surface area contributed by atoms with Crippen molar-refractivity contribution in [2.45, 2.75) is 11.4 Å². The lowest BCUT2D eigenvalue weighted by atomic mass is 10.1. The average Bonchev–Trinajstić information content (AvgIpc) is 3.25. The number of carbonyl (C=O) groups is 1. The van der Waals surface area contributed by atoms with Gasteiger partial charge in [-0.25, -0.2) is 12.9 Å². The SMILES string of the molecule is CS(=O)(=O)c1cccc(NC(=O)Cn2cc(-c3ccn4nc(N)nc4c3)cn2)c1. The fourth-order valence-electron chi connectivity index (χ4n) is 2.83. The van der Waals surface area contributed by atoms with E-state index < -0.39 is 9.84 Å². The molecule has 3 heterocycles. The Hall–Kier alpha value is -3.73. The second-order valence-corrected chi connectivity index (χ2v) is 8.48. The number of anilines is 2.